The first kappa shape index (κ1) is 21.2. The Morgan fingerprint density at radius 1 is 1.22 bits per heavy atom. The van der Waals surface area contributed by atoms with Gasteiger partial charge in [0.15, 0.2) is 0 Å². The van der Waals surface area contributed by atoms with Crippen molar-refractivity contribution >= 4 is 16.0 Å². The number of ether oxygens (including phenoxy) is 1. The number of allylic oxidation sites excluding steroid dienone is 4. The number of nitrogens with zero attached hydrogens (tertiary/aromatic N) is 1. The highest BCUT2D eigenvalue weighted by atomic mass is 32.2. The average molecular weight is 394 g/mol. The van der Waals surface area contributed by atoms with Crippen LogP contribution in [-0.2, 0) is 14.8 Å². The maximum Gasteiger partial charge on any atom is 0.337 e. The molecule has 0 aromatic heterocycles. The highest BCUT2D eigenvalue weighted by Crippen LogP contribution is 2.26. The Kier molecular flexibility index (Phi) is 7.21. The average Bonchev–Trinajstić information content (AvgIpc) is 2.65. The van der Waals surface area contributed by atoms with E-state index >= 15 is 0 Å². The summed E-state index contributed by atoms with van der Waals surface area (Å²) in [6.07, 6.45) is 5.83. The summed E-state index contributed by atoms with van der Waals surface area (Å²) in [6.45, 7) is 6.67. The van der Waals surface area contributed by atoms with E-state index in [4.69, 9.17) is 4.74 Å². The third-order valence-corrected chi connectivity index (χ3v) is 6.36. The first-order chi connectivity index (χ1) is 12.8. The fraction of sp³-hybridized carbons (Fsp3) is 0.450. The normalized spacial score (nSPS) is 16.8. The van der Waals surface area contributed by atoms with Crippen molar-refractivity contribution in [3.05, 3.63) is 53.3 Å². The summed E-state index contributed by atoms with van der Waals surface area (Å²) in [5.41, 5.74) is 0.983. The molecule has 1 aromatic carbocycles. The van der Waals surface area contributed by atoms with Crippen LogP contribution < -0.4 is 0 Å². The summed E-state index contributed by atoms with van der Waals surface area (Å²) in [7, 11) is -3.84. The number of benzene rings is 1. The van der Waals surface area contributed by atoms with E-state index in [-0.39, 0.29) is 16.6 Å². The van der Waals surface area contributed by atoms with Gasteiger partial charge in [-0.05, 0) is 44.9 Å². The van der Waals surface area contributed by atoms with Crippen LogP contribution in [0.25, 0.3) is 0 Å². The molecular weight excluding hydrogens is 366 g/mol. The van der Waals surface area contributed by atoms with Crippen LogP contribution in [0.4, 0.5) is 0 Å². The zero-order valence-electron chi connectivity index (χ0n) is 16.0. The van der Waals surface area contributed by atoms with Gasteiger partial charge < -0.3 is 9.84 Å². The number of hydrogen-bond acceptors (Lipinski definition) is 4. The summed E-state index contributed by atoms with van der Waals surface area (Å²) >= 11 is 0. The monoisotopic (exact) mass is 393 g/mol. The Morgan fingerprint density at radius 3 is 2.41 bits per heavy atom. The van der Waals surface area contributed by atoms with Gasteiger partial charge in [0.2, 0.25) is 10.0 Å². The summed E-state index contributed by atoms with van der Waals surface area (Å²) in [6, 6.07) is 5.72. The third-order valence-electron chi connectivity index (χ3n) is 4.41. The van der Waals surface area contributed by atoms with Gasteiger partial charge in [-0.2, -0.15) is 4.31 Å². The fourth-order valence-electron chi connectivity index (χ4n) is 2.91. The molecule has 1 aliphatic heterocycles. The lowest BCUT2D eigenvalue weighted by Crippen LogP contribution is -2.41. The molecule has 0 spiro atoms. The van der Waals surface area contributed by atoms with Crippen LogP contribution >= 0.6 is 0 Å². The van der Waals surface area contributed by atoms with E-state index in [9.17, 15) is 18.3 Å². The molecule has 1 aromatic rings. The second kappa shape index (κ2) is 9.19. The van der Waals surface area contributed by atoms with Gasteiger partial charge in [-0.25, -0.2) is 13.2 Å². The second-order valence-corrected chi connectivity index (χ2v) is 8.66. The van der Waals surface area contributed by atoms with Crippen molar-refractivity contribution in [2.75, 3.05) is 13.1 Å². The van der Waals surface area contributed by atoms with Crippen LogP contribution in [0.5, 0.6) is 0 Å². The van der Waals surface area contributed by atoms with E-state index < -0.39 is 16.0 Å². The number of carboxylic acid groups (broad SMARTS) is 1. The number of carboxylic acids is 1. The summed E-state index contributed by atoms with van der Waals surface area (Å²) in [5.74, 6) is -0.363. The Balaban J connectivity index is 2.08. The molecule has 0 atom stereocenters. The number of piperidine rings is 1. The van der Waals surface area contributed by atoms with E-state index in [1.165, 1.54) is 34.1 Å². The minimum atomic E-state index is -3.84. The topological polar surface area (TPSA) is 83.9 Å². The third kappa shape index (κ3) is 5.43. The Bertz CT molecular complexity index is 830. The molecule has 2 rings (SSSR count). The van der Waals surface area contributed by atoms with Crippen LogP contribution in [0.15, 0.2) is 52.6 Å². The molecule has 1 saturated heterocycles. The van der Waals surface area contributed by atoms with Crippen LogP contribution in [0.1, 0.15) is 50.4 Å². The molecule has 0 unspecified atom stereocenters. The maximum absolute atomic E-state index is 12.9. The fourth-order valence-corrected chi connectivity index (χ4v) is 4.57. The first-order valence-electron chi connectivity index (χ1n) is 9.09. The number of rotatable bonds is 7. The van der Waals surface area contributed by atoms with E-state index in [1.807, 2.05) is 32.9 Å². The Hall–Kier alpha value is -2.12. The van der Waals surface area contributed by atoms with E-state index in [1.54, 1.807) is 0 Å². The molecule has 1 heterocycles. The molecule has 0 aliphatic carbocycles. The molecule has 0 saturated carbocycles. The Morgan fingerprint density at radius 2 is 1.85 bits per heavy atom. The summed E-state index contributed by atoms with van der Waals surface area (Å²) < 4.78 is 33.1. The molecule has 1 N–H and O–H groups in total. The van der Waals surface area contributed by atoms with Gasteiger partial charge in [0.1, 0.15) is 6.10 Å². The predicted octanol–water partition coefficient (Wildman–Crippen LogP) is 3.81. The van der Waals surface area contributed by atoms with Gasteiger partial charge in [0.25, 0.3) is 0 Å². The quantitative estimate of drug-likeness (QED) is 0.562. The number of hydrogen-bond donors (Lipinski definition) is 1. The zero-order chi connectivity index (χ0) is 20.0. The van der Waals surface area contributed by atoms with Gasteiger partial charge in [-0.3, -0.25) is 0 Å². The van der Waals surface area contributed by atoms with Crippen molar-refractivity contribution in [1.29, 1.82) is 0 Å². The van der Waals surface area contributed by atoms with Crippen molar-refractivity contribution in [3.8, 4) is 0 Å². The van der Waals surface area contributed by atoms with Crippen molar-refractivity contribution in [2.45, 2.75) is 51.0 Å². The lowest BCUT2D eigenvalue weighted by atomic mass is 10.1. The highest BCUT2D eigenvalue weighted by Gasteiger charge is 2.32. The summed E-state index contributed by atoms with van der Waals surface area (Å²) in [4.78, 5) is 11.2. The first-order valence-corrected chi connectivity index (χ1v) is 10.5. The van der Waals surface area contributed by atoms with Crippen LogP contribution in [-0.4, -0.2) is 43.0 Å². The Labute approximate surface area is 161 Å². The van der Waals surface area contributed by atoms with Crippen LogP contribution in [0.3, 0.4) is 0 Å². The van der Waals surface area contributed by atoms with Crippen molar-refractivity contribution in [1.82, 2.24) is 4.31 Å². The van der Waals surface area contributed by atoms with Gasteiger partial charge in [-0.15, -0.1) is 0 Å². The smallest absolute Gasteiger partial charge is 0.337 e. The minimum absolute atomic E-state index is 0.0390. The molecule has 0 radical (unpaired) electrons. The molecule has 148 valence electrons. The highest BCUT2D eigenvalue weighted by molar-refractivity contribution is 7.89. The SMILES string of the molecule is CC/C(=C\C=C(C)C)OC1CCN(S(=O)(=O)c2ccccc2C(=O)O)CC1. The lowest BCUT2D eigenvalue weighted by Gasteiger charge is -2.32. The molecular formula is C20H27NO5S. The molecule has 0 amide bonds. The van der Waals surface area contributed by atoms with E-state index in [0.29, 0.717) is 25.9 Å². The van der Waals surface area contributed by atoms with E-state index in [2.05, 4.69) is 0 Å². The molecule has 0 bridgehead atoms. The largest absolute Gasteiger partial charge is 0.495 e. The maximum atomic E-state index is 12.9. The lowest BCUT2D eigenvalue weighted by molar-refractivity contribution is 0.0665. The van der Waals surface area contributed by atoms with Crippen LogP contribution in [0.2, 0.25) is 0 Å². The van der Waals surface area contributed by atoms with E-state index in [0.717, 1.165) is 12.2 Å². The standard InChI is InChI=1S/C20H27NO5S/c1-4-16(10-9-15(2)3)26-17-11-13-21(14-12-17)27(24,25)19-8-6-5-7-18(19)20(22)23/h5-10,17H,4,11-14H2,1-3H3,(H,22,23)/b16-10+. The van der Waals surface area contributed by atoms with Gasteiger partial charge in [0, 0.05) is 19.5 Å². The molecule has 6 nitrogen and oxygen atoms in total. The second-order valence-electron chi connectivity index (χ2n) is 6.75. The van der Waals surface area contributed by atoms with Crippen molar-refractivity contribution in [3.63, 3.8) is 0 Å². The number of carbonyl (C=O) groups is 1. The molecule has 27 heavy (non-hydrogen) atoms. The minimum Gasteiger partial charge on any atom is -0.495 e. The molecule has 7 heteroatoms. The number of sulfonamides is 1. The molecule has 1 fully saturated rings. The zero-order valence-corrected chi connectivity index (χ0v) is 16.8. The van der Waals surface area contributed by atoms with Crippen LogP contribution in [0, 0.1) is 0 Å². The van der Waals surface area contributed by atoms with Gasteiger partial charge >= 0.3 is 5.97 Å². The molecule has 1 aliphatic rings. The van der Waals surface area contributed by atoms with Crippen molar-refractivity contribution in [2.24, 2.45) is 0 Å². The van der Waals surface area contributed by atoms with Gasteiger partial charge in [-0.1, -0.05) is 30.7 Å². The number of aromatic carboxylic acids is 1. The van der Waals surface area contributed by atoms with Crippen molar-refractivity contribution < 1.29 is 23.1 Å². The summed E-state index contributed by atoms with van der Waals surface area (Å²) in [5, 5.41) is 9.27. The van der Waals surface area contributed by atoms with Gasteiger partial charge in [0.05, 0.1) is 16.2 Å². The predicted molar refractivity (Wildman–Crippen MR) is 104 cm³/mol.